The molecule has 2 aromatic heterocycles. The lowest BCUT2D eigenvalue weighted by Gasteiger charge is -2.07. The number of ether oxygens (including phenoxy) is 1. The van der Waals surface area contributed by atoms with E-state index < -0.39 is 5.91 Å². The third-order valence-corrected chi connectivity index (χ3v) is 4.49. The number of hydrogen-bond acceptors (Lipinski definition) is 4. The lowest BCUT2D eigenvalue weighted by Crippen LogP contribution is -2.10. The summed E-state index contributed by atoms with van der Waals surface area (Å²) in [6.45, 7) is 2.02. The average molecular weight is 358 g/mol. The number of fused-ring (bicyclic) bond motifs is 1. The molecular formula is C22H18N2O3. The van der Waals surface area contributed by atoms with Crippen LogP contribution in [0.1, 0.15) is 15.9 Å². The number of pyridine rings is 1. The second kappa shape index (κ2) is 6.61. The maximum Gasteiger partial charge on any atom is 0.248 e. The first-order valence-corrected chi connectivity index (χ1v) is 8.50. The molecule has 5 nitrogen and oxygen atoms in total. The summed E-state index contributed by atoms with van der Waals surface area (Å²) in [5.41, 5.74) is 10.9. The van der Waals surface area contributed by atoms with Gasteiger partial charge in [-0.1, -0.05) is 23.8 Å². The molecule has 0 unspecified atom stereocenters. The van der Waals surface area contributed by atoms with Crippen LogP contribution in [0.15, 0.2) is 65.2 Å². The average Bonchev–Trinajstić information content (AvgIpc) is 3.12. The van der Waals surface area contributed by atoms with Crippen LogP contribution in [0.2, 0.25) is 0 Å². The van der Waals surface area contributed by atoms with Crippen LogP contribution < -0.4 is 10.5 Å². The summed E-state index contributed by atoms with van der Waals surface area (Å²) in [7, 11) is 1.63. The van der Waals surface area contributed by atoms with E-state index in [2.05, 4.69) is 4.98 Å². The van der Waals surface area contributed by atoms with Crippen LogP contribution in [0.5, 0.6) is 5.75 Å². The van der Waals surface area contributed by atoms with Gasteiger partial charge >= 0.3 is 0 Å². The number of nitrogens with two attached hydrogens (primary N) is 1. The van der Waals surface area contributed by atoms with Gasteiger partial charge in [0.05, 0.1) is 12.7 Å². The van der Waals surface area contributed by atoms with Crippen molar-refractivity contribution < 1.29 is 13.9 Å². The van der Waals surface area contributed by atoms with Crippen molar-refractivity contribution in [3.8, 4) is 28.2 Å². The molecule has 2 heterocycles. The van der Waals surface area contributed by atoms with Crippen molar-refractivity contribution in [2.24, 2.45) is 5.73 Å². The summed E-state index contributed by atoms with van der Waals surface area (Å²) in [6, 6.07) is 16.8. The van der Waals surface area contributed by atoms with E-state index in [0.29, 0.717) is 16.9 Å². The minimum absolute atomic E-state index is 0.449. The Hall–Kier alpha value is -3.60. The minimum atomic E-state index is -0.466. The van der Waals surface area contributed by atoms with Gasteiger partial charge in [0.1, 0.15) is 17.0 Å². The second-order valence-electron chi connectivity index (χ2n) is 6.33. The van der Waals surface area contributed by atoms with Crippen molar-refractivity contribution in [3.63, 3.8) is 0 Å². The van der Waals surface area contributed by atoms with Crippen molar-refractivity contribution in [2.75, 3.05) is 7.11 Å². The van der Waals surface area contributed by atoms with Gasteiger partial charge in [0.25, 0.3) is 0 Å². The highest BCUT2D eigenvalue weighted by molar-refractivity contribution is 5.97. The topological polar surface area (TPSA) is 78.4 Å². The number of hydrogen-bond donors (Lipinski definition) is 1. The number of carbonyl (C=O) groups is 1. The first kappa shape index (κ1) is 16.8. The van der Waals surface area contributed by atoms with E-state index in [1.54, 1.807) is 31.5 Å². The predicted molar refractivity (Wildman–Crippen MR) is 105 cm³/mol. The number of primary amides is 1. The lowest BCUT2D eigenvalue weighted by atomic mass is 10.0. The Morgan fingerprint density at radius 1 is 1.07 bits per heavy atom. The van der Waals surface area contributed by atoms with Gasteiger partial charge in [-0.25, -0.2) is 0 Å². The number of aryl methyl sites for hydroxylation is 1. The molecule has 0 saturated heterocycles. The van der Waals surface area contributed by atoms with Crippen LogP contribution in [0, 0.1) is 6.92 Å². The smallest absolute Gasteiger partial charge is 0.248 e. The van der Waals surface area contributed by atoms with E-state index in [0.717, 1.165) is 33.5 Å². The Balaban J connectivity index is 1.90. The summed E-state index contributed by atoms with van der Waals surface area (Å²) in [4.78, 5) is 15.9. The molecule has 0 fully saturated rings. The number of nitrogens with zero attached hydrogens (tertiary/aromatic N) is 1. The SMILES string of the molecule is COc1ccc(C)cc1-c1cc2nccc(-c3cccc(C(N)=O)c3)c2o1. The van der Waals surface area contributed by atoms with Gasteiger partial charge in [0.15, 0.2) is 5.58 Å². The Labute approximate surface area is 156 Å². The van der Waals surface area contributed by atoms with Gasteiger partial charge < -0.3 is 14.9 Å². The largest absolute Gasteiger partial charge is 0.496 e. The van der Waals surface area contributed by atoms with Crippen molar-refractivity contribution in [1.82, 2.24) is 4.98 Å². The van der Waals surface area contributed by atoms with Crippen molar-refractivity contribution >= 4 is 17.0 Å². The normalized spacial score (nSPS) is 10.9. The molecule has 0 aliphatic heterocycles. The van der Waals surface area contributed by atoms with Gasteiger partial charge in [0.2, 0.25) is 5.91 Å². The Morgan fingerprint density at radius 3 is 2.70 bits per heavy atom. The molecule has 0 saturated carbocycles. The number of benzene rings is 2. The maximum absolute atomic E-state index is 11.5. The minimum Gasteiger partial charge on any atom is -0.496 e. The highest BCUT2D eigenvalue weighted by Gasteiger charge is 2.16. The monoisotopic (exact) mass is 358 g/mol. The molecule has 1 amide bonds. The van der Waals surface area contributed by atoms with E-state index in [4.69, 9.17) is 14.9 Å². The zero-order valence-electron chi connectivity index (χ0n) is 15.0. The molecule has 4 aromatic rings. The van der Waals surface area contributed by atoms with E-state index >= 15 is 0 Å². The van der Waals surface area contributed by atoms with Crippen LogP contribution >= 0.6 is 0 Å². The van der Waals surface area contributed by atoms with Gasteiger partial charge in [-0.2, -0.15) is 0 Å². The number of carbonyl (C=O) groups excluding carboxylic acids is 1. The van der Waals surface area contributed by atoms with Crippen molar-refractivity contribution in [1.29, 1.82) is 0 Å². The van der Waals surface area contributed by atoms with Gasteiger partial charge in [-0.15, -0.1) is 0 Å². The molecule has 4 rings (SSSR count). The Bertz CT molecular complexity index is 1160. The van der Waals surface area contributed by atoms with E-state index in [9.17, 15) is 4.79 Å². The van der Waals surface area contributed by atoms with Crippen LogP contribution in [-0.2, 0) is 0 Å². The van der Waals surface area contributed by atoms with Crippen molar-refractivity contribution in [2.45, 2.75) is 6.92 Å². The summed E-state index contributed by atoms with van der Waals surface area (Å²) in [6.07, 6.45) is 1.72. The summed E-state index contributed by atoms with van der Waals surface area (Å²) in [5.74, 6) is 0.945. The van der Waals surface area contributed by atoms with Crippen LogP contribution in [-0.4, -0.2) is 18.0 Å². The molecule has 2 N–H and O–H groups in total. The standard InChI is InChI=1S/C22H18N2O3/c1-13-6-7-19(26-2)17(10-13)20-12-18-21(27-20)16(8-9-24-18)14-4-3-5-15(11-14)22(23)25/h3-12H,1-2H3,(H2,23,25). The predicted octanol–water partition coefficient (Wildman–Crippen LogP) is 4.58. The number of aromatic nitrogens is 1. The third kappa shape index (κ3) is 3.04. The Morgan fingerprint density at radius 2 is 1.93 bits per heavy atom. The molecule has 0 spiro atoms. The Kier molecular flexibility index (Phi) is 4.12. The fourth-order valence-electron chi connectivity index (χ4n) is 3.15. The molecule has 5 heteroatoms. The van der Waals surface area contributed by atoms with E-state index in [1.807, 2.05) is 43.3 Å². The molecule has 2 aromatic carbocycles. The highest BCUT2D eigenvalue weighted by atomic mass is 16.5. The van der Waals surface area contributed by atoms with Crippen LogP contribution in [0.4, 0.5) is 0 Å². The van der Waals surface area contributed by atoms with Gasteiger partial charge in [0, 0.05) is 23.4 Å². The zero-order chi connectivity index (χ0) is 19.0. The quantitative estimate of drug-likeness (QED) is 0.579. The number of methoxy groups -OCH3 is 1. The molecule has 0 radical (unpaired) electrons. The molecular weight excluding hydrogens is 340 g/mol. The molecule has 0 atom stereocenters. The fraction of sp³-hybridized carbons (Fsp3) is 0.0909. The maximum atomic E-state index is 11.5. The van der Waals surface area contributed by atoms with Crippen molar-refractivity contribution in [3.05, 3.63) is 71.9 Å². The molecule has 27 heavy (non-hydrogen) atoms. The number of amides is 1. The molecule has 0 aliphatic carbocycles. The second-order valence-corrected chi connectivity index (χ2v) is 6.33. The van der Waals surface area contributed by atoms with Gasteiger partial charge in [-0.3, -0.25) is 9.78 Å². The first-order chi connectivity index (χ1) is 13.1. The summed E-state index contributed by atoms with van der Waals surface area (Å²) >= 11 is 0. The highest BCUT2D eigenvalue weighted by Crippen LogP contribution is 2.37. The summed E-state index contributed by atoms with van der Waals surface area (Å²) in [5, 5.41) is 0. The van der Waals surface area contributed by atoms with Crippen LogP contribution in [0.3, 0.4) is 0 Å². The first-order valence-electron chi connectivity index (χ1n) is 8.50. The van der Waals surface area contributed by atoms with E-state index in [-0.39, 0.29) is 0 Å². The number of furan rings is 1. The molecule has 134 valence electrons. The number of rotatable bonds is 4. The molecule has 0 aliphatic rings. The van der Waals surface area contributed by atoms with Gasteiger partial charge in [-0.05, 0) is 42.8 Å². The molecule has 0 bridgehead atoms. The summed E-state index contributed by atoms with van der Waals surface area (Å²) < 4.78 is 11.7. The van der Waals surface area contributed by atoms with E-state index in [1.165, 1.54) is 0 Å². The zero-order valence-corrected chi connectivity index (χ0v) is 15.0. The lowest BCUT2D eigenvalue weighted by molar-refractivity contribution is 0.100. The third-order valence-electron chi connectivity index (χ3n) is 4.49. The van der Waals surface area contributed by atoms with Crippen LogP contribution in [0.25, 0.3) is 33.6 Å². The fourth-order valence-corrected chi connectivity index (χ4v) is 3.15.